The second kappa shape index (κ2) is 19.6. The van der Waals surface area contributed by atoms with E-state index in [0.717, 1.165) is 57.8 Å². The Morgan fingerprint density at radius 1 is 0.852 bits per heavy atom. The van der Waals surface area contributed by atoms with Gasteiger partial charge in [0.1, 0.15) is 42.9 Å². The van der Waals surface area contributed by atoms with Gasteiger partial charge in [0.2, 0.25) is 35.4 Å². The van der Waals surface area contributed by atoms with Crippen LogP contribution >= 0.6 is 0 Å². The van der Waals surface area contributed by atoms with Crippen LogP contribution in [0.5, 0.6) is 0 Å². The van der Waals surface area contributed by atoms with E-state index < -0.39 is 78.4 Å². The van der Waals surface area contributed by atoms with E-state index in [1.165, 1.54) is 15.9 Å². The SMILES string of the molecule is CCCC/C=C/C(=O)N[C@@H](CC1CCCCC1)C(=O)N[C@H]1COC(=O)[C@@H]2C[C@@H](C)CN2C(=O)[C@H](CC)NC(=O)[C@@H]2CCCCN2C(=O)[C@@H]2CCCN2C1=O. The number of hydrogen-bond donors (Lipinski definition) is 3. The van der Waals surface area contributed by atoms with Gasteiger partial charge >= 0.3 is 5.97 Å². The molecule has 4 saturated heterocycles. The minimum Gasteiger partial charge on any atom is -0.461 e. The molecule has 14 heteroatoms. The fourth-order valence-electron chi connectivity index (χ4n) is 8.89. The molecule has 0 aromatic heterocycles. The quantitative estimate of drug-likeness (QED) is 0.174. The lowest BCUT2D eigenvalue weighted by atomic mass is 9.84. The van der Waals surface area contributed by atoms with E-state index in [9.17, 15) is 33.6 Å². The predicted octanol–water partition coefficient (Wildman–Crippen LogP) is 2.73. The third-order valence-electron chi connectivity index (χ3n) is 11.9. The van der Waals surface area contributed by atoms with E-state index in [-0.39, 0.29) is 24.3 Å². The third-order valence-corrected chi connectivity index (χ3v) is 11.9. The number of esters is 1. The zero-order chi connectivity index (χ0) is 38.8. The van der Waals surface area contributed by atoms with Gasteiger partial charge in [-0.2, -0.15) is 0 Å². The number of allylic oxidation sites excluding steroid dienone is 1. The van der Waals surface area contributed by atoms with Gasteiger partial charge in [-0.3, -0.25) is 28.8 Å². The fourth-order valence-corrected chi connectivity index (χ4v) is 8.89. The van der Waals surface area contributed by atoms with Gasteiger partial charge in [0.25, 0.3) is 0 Å². The van der Waals surface area contributed by atoms with Crippen molar-refractivity contribution in [3.63, 3.8) is 0 Å². The number of carbonyl (C=O) groups is 7. The maximum atomic E-state index is 14.5. The number of nitrogens with zero attached hydrogens (tertiary/aromatic N) is 3. The number of ether oxygens (including phenoxy) is 1. The van der Waals surface area contributed by atoms with Crippen molar-refractivity contribution >= 4 is 41.4 Å². The lowest BCUT2D eigenvalue weighted by molar-refractivity contribution is -0.158. The summed E-state index contributed by atoms with van der Waals surface area (Å²) in [7, 11) is 0. The molecule has 6 amide bonds. The predicted molar refractivity (Wildman–Crippen MR) is 200 cm³/mol. The molecular formula is C40H62N6O8. The van der Waals surface area contributed by atoms with Gasteiger partial charge < -0.3 is 35.4 Å². The molecule has 0 radical (unpaired) electrons. The maximum Gasteiger partial charge on any atom is 0.328 e. The van der Waals surface area contributed by atoms with Gasteiger partial charge in [0.05, 0.1) is 0 Å². The molecule has 0 bridgehead atoms. The fraction of sp³-hybridized carbons (Fsp3) is 0.775. The summed E-state index contributed by atoms with van der Waals surface area (Å²) in [6, 6.07) is -5.76. The van der Waals surface area contributed by atoms with Crippen molar-refractivity contribution in [1.82, 2.24) is 30.7 Å². The Kier molecular flexibility index (Phi) is 14.9. The molecule has 5 rings (SSSR count). The standard InChI is InChI=1S/C40H62N6O8/c1-4-6-7-11-19-34(47)41-29(23-27-15-9-8-10-16-27)35(48)43-30-25-54-40(53)33-22-26(3)24-46(33)37(50)28(5-2)42-36(49)31-17-12-13-20-44(31)39(52)32-18-14-21-45(32)38(30)51/h11,19,26-33H,4-10,12-18,20-25H2,1-3H3,(H,41,47)(H,42,49)(H,43,48)/b19-11+/t26-,28+,29+,30+,31+,32+,33+/m1/s1. The molecule has 4 aliphatic heterocycles. The van der Waals surface area contributed by atoms with Crippen molar-refractivity contribution in [2.45, 2.75) is 160 Å². The lowest BCUT2D eigenvalue weighted by Gasteiger charge is -2.39. The molecule has 7 atom stereocenters. The molecule has 54 heavy (non-hydrogen) atoms. The van der Waals surface area contributed by atoms with Crippen LogP contribution in [0.2, 0.25) is 0 Å². The summed E-state index contributed by atoms with van der Waals surface area (Å²) in [6.07, 6.45) is 14.8. The number of nitrogens with one attached hydrogen (secondary N) is 3. The highest BCUT2D eigenvalue weighted by Crippen LogP contribution is 2.30. The summed E-state index contributed by atoms with van der Waals surface area (Å²) in [5, 5.41) is 8.60. The molecule has 0 spiro atoms. The van der Waals surface area contributed by atoms with Crippen LogP contribution in [0.25, 0.3) is 0 Å². The molecule has 14 nitrogen and oxygen atoms in total. The Bertz CT molecular complexity index is 1410. The van der Waals surface area contributed by atoms with E-state index in [2.05, 4.69) is 22.9 Å². The lowest BCUT2D eigenvalue weighted by Crippen LogP contribution is -2.62. The van der Waals surface area contributed by atoms with Gasteiger partial charge in [-0.15, -0.1) is 0 Å². The number of cyclic esters (lactones) is 1. The van der Waals surface area contributed by atoms with Crippen LogP contribution in [0.4, 0.5) is 0 Å². The van der Waals surface area contributed by atoms with Crippen LogP contribution in [0.3, 0.4) is 0 Å². The maximum absolute atomic E-state index is 14.5. The number of amides is 6. The molecule has 1 aliphatic carbocycles. The van der Waals surface area contributed by atoms with Crippen molar-refractivity contribution in [2.24, 2.45) is 11.8 Å². The monoisotopic (exact) mass is 754 g/mol. The van der Waals surface area contributed by atoms with Gasteiger partial charge in [0.15, 0.2) is 0 Å². The van der Waals surface area contributed by atoms with Gasteiger partial charge in [-0.05, 0) is 75.7 Å². The Balaban J connectivity index is 1.44. The minimum atomic E-state index is -1.35. The second-order valence-corrected chi connectivity index (χ2v) is 16.1. The Morgan fingerprint density at radius 2 is 1.56 bits per heavy atom. The molecule has 5 fully saturated rings. The molecule has 0 aromatic carbocycles. The first kappa shape index (κ1) is 41.2. The molecule has 0 unspecified atom stereocenters. The van der Waals surface area contributed by atoms with Crippen LogP contribution in [-0.4, -0.2) is 119 Å². The Morgan fingerprint density at radius 3 is 2.30 bits per heavy atom. The van der Waals surface area contributed by atoms with Crippen LogP contribution in [-0.2, 0) is 38.3 Å². The number of carbonyl (C=O) groups excluding carboxylic acids is 7. The first-order valence-electron chi connectivity index (χ1n) is 20.7. The van der Waals surface area contributed by atoms with Crippen LogP contribution in [0.1, 0.15) is 124 Å². The molecule has 1 saturated carbocycles. The first-order valence-corrected chi connectivity index (χ1v) is 20.7. The largest absolute Gasteiger partial charge is 0.461 e. The smallest absolute Gasteiger partial charge is 0.328 e. The van der Waals surface area contributed by atoms with Crippen molar-refractivity contribution in [1.29, 1.82) is 0 Å². The molecule has 3 N–H and O–H groups in total. The minimum absolute atomic E-state index is 0.0177. The van der Waals surface area contributed by atoms with Gasteiger partial charge in [-0.1, -0.05) is 71.8 Å². The molecule has 0 aromatic rings. The van der Waals surface area contributed by atoms with E-state index >= 15 is 0 Å². The van der Waals surface area contributed by atoms with E-state index in [1.54, 1.807) is 17.9 Å². The summed E-state index contributed by atoms with van der Waals surface area (Å²) < 4.78 is 5.80. The number of unbranched alkanes of at least 4 members (excludes halogenated alkanes) is 2. The van der Waals surface area contributed by atoms with Crippen LogP contribution in [0.15, 0.2) is 12.2 Å². The van der Waals surface area contributed by atoms with Crippen molar-refractivity contribution in [3.05, 3.63) is 12.2 Å². The van der Waals surface area contributed by atoms with Crippen molar-refractivity contribution < 1.29 is 38.3 Å². The number of rotatable bonds is 10. The summed E-state index contributed by atoms with van der Waals surface area (Å²) in [5.74, 6) is -3.20. The summed E-state index contributed by atoms with van der Waals surface area (Å²) in [4.78, 5) is 102. The third kappa shape index (κ3) is 10.2. The highest BCUT2D eigenvalue weighted by molar-refractivity contribution is 5.98. The average Bonchev–Trinajstić information content (AvgIpc) is 3.83. The number of fused-ring (bicyclic) bond motifs is 3. The summed E-state index contributed by atoms with van der Waals surface area (Å²) in [6.45, 7) is 6.18. The number of hydrogen-bond acceptors (Lipinski definition) is 8. The van der Waals surface area contributed by atoms with E-state index in [4.69, 9.17) is 4.74 Å². The molecular weight excluding hydrogens is 692 g/mol. The Hall–Kier alpha value is -3.97. The van der Waals surface area contributed by atoms with Crippen molar-refractivity contribution in [2.75, 3.05) is 26.2 Å². The zero-order valence-electron chi connectivity index (χ0n) is 32.5. The summed E-state index contributed by atoms with van der Waals surface area (Å²) >= 11 is 0. The molecule has 4 heterocycles. The second-order valence-electron chi connectivity index (χ2n) is 16.1. The first-order chi connectivity index (χ1) is 26.0. The van der Waals surface area contributed by atoms with Gasteiger partial charge in [-0.25, -0.2) is 4.79 Å². The van der Waals surface area contributed by atoms with Crippen LogP contribution < -0.4 is 16.0 Å². The van der Waals surface area contributed by atoms with Gasteiger partial charge in [0, 0.05) is 19.6 Å². The Labute approximate surface area is 319 Å². The normalized spacial score (nSPS) is 29.7. The van der Waals surface area contributed by atoms with E-state index in [0.29, 0.717) is 58.0 Å². The average molecular weight is 755 g/mol. The zero-order valence-corrected chi connectivity index (χ0v) is 32.5. The van der Waals surface area contributed by atoms with Crippen LogP contribution in [0, 0.1) is 11.8 Å². The molecule has 300 valence electrons. The highest BCUT2D eigenvalue weighted by Gasteiger charge is 2.46. The van der Waals surface area contributed by atoms with Crippen molar-refractivity contribution in [3.8, 4) is 0 Å². The number of piperidine rings is 1. The van der Waals surface area contributed by atoms with E-state index in [1.807, 2.05) is 6.92 Å². The molecule has 5 aliphatic rings. The topological polar surface area (TPSA) is 175 Å². The summed E-state index contributed by atoms with van der Waals surface area (Å²) in [5.41, 5.74) is 0. The highest BCUT2D eigenvalue weighted by atomic mass is 16.5.